The second-order valence-electron chi connectivity index (χ2n) is 8.98. The van der Waals surface area contributed by atoms with Gasteiger partial charge in [-0.05, 0) is 78.9 Å². The minimum Gasteiger partial charge on any atom is -0.372 e. The molecule has 5 rings (SSSR count). The first-order valence-corrected chi connectivity index (χ1v) is 13.4. The van der Waals surface area contributed by atoms with Crippen LogP contribution in [0.2, 0.25) is 5.02 Å². The quantitative estimate of drug-likeness (QED) is 0.423. The van der Waals surface area contributed by atoms with Crippen molar-refractivity contribution < 1.29 is 9.59 Å². The van der Waals surface area contributed by atoms with Gasteiger partial charge in [-0.3, -0.25) is 9.59 Å². The number of nitrogens with one attached hydrogen (secondary N) is 1. The highest BCUT2D eigenvalue weighted by Crippen LogP contribution is 2.39. The first-order valence-electron chi connectivity index (χ1n) is 12.0. The molecule has 180 valence electrons. The average Bonchev–Trinajstić information content (AvgIpc) is 3.26. The van der Waals surface area contributed by atoms with Gasteiger partial charge in [0.05, 0.1) is 5.75 Å². The summed E-state index contributed by atoms with van der Waals surface area (Å²) in [5.74, 6) is 0.425. The molecule has 0 saturated carbocycles. The molecule has 7 heteroatoms. The van der Waals surface area contributed by atoms with Gasteiger partial charge in [0.25, 0.3) is 5.91 Å². The van der Waals surface area contributed by atoms with E-state index in [0.29, 0.717) is 22.9 Å². The lowest BCUT2D eigenvalue weighted by Gasteiger charge is -2.28. The summed E-state index contributed by atoms with van der Waals surface area (Å²) in [5, 5.41) is 3.60. The van der Waals surface area contributed by atoms with E-state index < -0.39 is 0 Å². The van der Waals surface area contributed by atoms with E-state index in [4.69, 9.17) is 11.6 Å². The van der Waals surface area contributed by atoms with Gasteiger partial charge in [-0.25, -0.2) is 0 Å². The monoisotopic (exact) mass is 505 g/mol. The topological polar surface area (TPSA) is 52.7 Å². The summed E-state index contributed by atoms with van der Waals surface area (Å²) in [6, 6.07) is 23.2. The Balaban J connectivity index is 1.22. The van der Waals surface area contributed by atoms with Gasteiger partial charge in [0.15, 0.2) is 0 Å². The third kappa shape index (κ3) is 5.65. The molecule has 1 atom stereocenters. The molecule has 3 aromatic rings. The van der Waals surface area contributed by atoms with E-state index in [1.54, 1.807) is 11.8 Å². The highest BCUT2D eigenvalue weighted by atomic mass is 35.5. The maximum atomic E-state index is 12.8. The molecule has 35 heavy (non-hydrogen) atoms. The van der Waals surface area contributed by atoms with Crippen LogP contribution in [0.15, 0.2) is 72.8 Å². The van der Waals surface area contributed by atoms with E-state index in [1.165, 1.54) is 24.9 Å². The zero-order valence-corrected chi connectivity index (χ0v) is 21.0. The van der Waals surface area contributed by atoms with Gasteiger partial charge in [0, 0.05) is 41.6 Å². The molecule has 0 aromatic heterocycles. The highest BCUT2D eigenvalue weighted by molar-refractivity contribution is 8.00. The SMILES string of the molecule is O=C(Nc1ccc(N2CCCCC2)cc1)c1ccc([C@H]2SCC(=O)N2Cc2ccc(Cl)cc2)cc1. The Morgan fingerprint density at radius 1 is 0.914 bits per heavy atom. The van der Waals surface area contributed by atoms with Crippen LogP contribution in [0.1, 0.15) is 46.1 Å². The van der Waals surface area contributed by atoms with E-state index in [1.807, 2.05) is 65.6 Å². The lowest BCUT2D eigenvalue weighted by Crippen LogP contribution is -2.29. The van der Waals surface area contributed by atoms with E-state index in [2.05, 4.69) is 22.3 Å². The third-order valence-corrected chi connectivity index (χ3v) is 8.05. The zero-order chi connectivity index (χ0) is 24.2. The number of benzene rings is 3. The average molecular weight is 506 g/mol. The van der Waals surface area contributed by atoms with E-state index >= 15 is 0 Å². The second kappa shape index (κ2) is 10.8. The van der Waals surface area contributed by atoms with Crippen molar-refractivity contribution in [1.29, 1.82) is 0 Å². The molecular formula is C28H28ClN3O2S. The molecule has 2 aliphatic rings. The van der Waals surface area contributed by atoms with E-state index in [-0.39, 0.29) is 17.2 Å². The summed E-state index contributed by atoms with van der Waals surface area (Å²) in [4.78, 5) is 29.6. The molecule has 2 saturated heterocycles. The van der Waals surface area contributed by atoms with Gasteiger partial charge in [0.1, 0.15) is 5.37 Å². The van der Waals surface area contributed by atoms with Gasteiger partial charge < -0.3 is 15.1 Å². The number of halogens is 1. The number of thioether (sulfide) groups is 1. The minimum absolute atomic E-state index is 0.0716. The fourth-order valence-corrected chi connectivity index (χ4v) is 5.91. The molecule has 3 aromatic carbocycles. The smallest absolute Gasteiger partial charge is 0.255 e. The Bertz CT molecular complexity index is 1180. The number of carbonyl (C=O) groups is 2. The van der Waals surface area contributed by atoms with Gasteiger partial charge in [0.2, 0.25) is 5.91 Å². The van der Waals surface area contributed by atoms with Crippen LogP contribution in [-0.4, -0.2) is 35.6 Å². The van der Waals surface area contributed by atoms with Crippen molar-refractivity contribution in [2.24, 2.45) is 0 Å². The van der Waals surface area contributed by atoms with Crippen molar-refractivity contribution in [3.63, 3.8) is 0 Å². The lowest BCUT2D eigenvalue weighted by atomic mass is 10.1. The summed E-state index contributed by atoms with van der Waals surface area (Å²) in [6.07, 6.45) is 3.78. The maximum Gasteiger partial charge on any atom is 0.255 e. The van der Waals surface area contributed by atoms with Crippen molar-refractivity contribution in [2.45, 2.75) is 31.2 Å². The number of hydrogen-bond acceptors (Lipinski definition) is 4. The Hall–Kier alpha value is -2.96. The molecule has 0 aliphatic carbocycles. The number of amides is 2. The molecule has 2 fully saturated rings. The molecule has 5 nitrogen and oxygen atoms in total. The van der Waals surface area contributed by atoms with Crippen LogP contribution in [-0.2, 0) is 11.3 Å². The summed E-state index contributed by atoms with van der Waals surface area (Å²) < 4.78 is 0. The van der Waals surface area contributed by atoms with Gasteiger partial charge >= 0.3 is 0 Å². The van der Waals surface area contributed by atoms with Crippen LogP contribution in [0, 0.1) is 0 Å². The van der Waals surface area contributed by atoms with Crippen molar-refractivity contribution >= 4 is 46.6 Å². The molecule has 1 N–H and O–H groups in total. The molecule has 2 amide bonds. The second-order valence-corrected chi connectivity index (χ2v) is 10.5. The number of rotatable bonds is 6. The lowest BCUT2D eigenvalue weighted by molar-refractivity contribution is -0.128. The van der Waals surface area contributed by atoms with Crippen LogP contribution in [0.5, 0.6) is 0 Å². The number of anilines is 2. The first kappa shape index (κ1) is 23.8. The number of piperidine rings is 1. The number of hydrogen-bond donors (Lipinski definition) is 1. The van der Waals surface area contributed by atoms with Crippen LogP contribution in [0.25, 0.3) is 0 Å². The maximum absolute atomic E-state index is 12.8. The van der Waals surface area contributed by atoms with Crippen molar-refractivity contribution in [3.05, 3.63) is 94.5 Å². The molecule has 2 aliphatic heterocycles. The summed E-state index contributed by atoms with van der Waals surface area (Å²) in [5.41, 5.74) is 4.63. The normalized spacial score (nSPS) is 18.1. The van der Waals surface area contributed by atoms with Gasteiger partial charge in [-0.2, -0.15) is 0 Å². The molecule has 2 heterocycles. The Morgan fingerprint density at radius 2 is 1.60 bits per heavy atom. The minimum atomic E-state index is -0.143. The number of nitrogens with zero attached hydrogens (tertiary/aromatic N) is 2. The summed E-state index contributed by atoms with van der Waals surface area (Å²) in [6.45, 7) is 2.73. The predicted molar refractivity (Wildman–Crippen MR) is 144 cm³/mol. The third-order valence-electron chi connectivity index (χ3n) is 6.54. The zero-order valence-electron chi connectivity index (χ0n) is 19.5. The highest BCUT2D eigenvalue weighted by Gasteiger charge is 2.32. The fourth-order valence-electron chi connectivity index (χ4n) is 4.60. The number of carbonyl (C=O) groups excluding carboxylic acids is 2. The van der Waals surface area contributed by atoms with E-state index in [0.717, 1.165) is 29.9 Å². The van der Waals surface area contributed by atoms with Crippen molar-refractivity contribution in [3.8, 4) is 0 Å². The Labute approximate surface area is 215 Å². The molecule has 0 spiro atoms. The van der Waals surface area contributed by atoms with Crippen LogP contribution in [0.4, 0.5) is 11.4 Å². The predicted octanol–water partition coefficient (Wildman–Crippen LogP) is 6.36. The van der Waals surface area contributed by atoms with Crippen LogP contribution in [0.3, 0.4) is 0 Å². The first-order chi connectivity index (χ1) is 17.1. The van der Waals surface area contributed by atoms with Crippen LogP contribution < -0.4 is 10.2 Å². The molecule has 0 bridgehead atoms. The summed E-state index contributed by atoms with van der Waals surface area (Å²) in [7, 11) is 0. The fraction of sp³-hybridized carbons (Fsp3) is 0.286. The van der Waals surface area contributed by atoms with Gasteiger partial charge in [-0.15, -0.1) is 11.8 Å². The van der Waals surface area contributed by atoms with Crippen molar-refractivity contribution in [2.75, 3.05) is 29.1 Å². The van der Waals surface area contributed by atoms with Crippen molar-refractivity contribution in [1.82, 2.24) is 4.90 Å². The van der Waals surface area contributed by atoms with E-state index in [9.17, 15) is 9.59 Å². The largest absolute Gasteiger partial charge is 0.372 e. The van der Waals surface area contributed by atoms with Crippen LogP contribution >= 0.6 is 23.4 Å². The van der Waals surface area contributed by atoms with Gasteiger partial charge in [-0.1, -0.05) is 35.9 Å². The summed E-state index contributed by atoms with van der Waals surface area (Å²) >= 11 is 7.60. The molecule has 0 unspecified atom stereocenters. The Morgan fingerprint density at radius 3 is 2.29 bits per heavy atom. The molecular weight excluding hydrogens is 478 g/mol. The standard InChI is InChI=1S/C28H28ClN3O2S/c29-23-10-4-20(5-11-23)18-32-26(33)19-35-28(32)22-8-6-21(7-9-22)27(34)30-24-12-14-25(15-13-24)31-16-2-1-3-17-31/h4-15,28H,1-3,16-19H2,(H,30,34)/t28-/m1/s1. The molecule has 0 radical (unpaired) electrons. The Kier molecular flexibility index (Phi) is 7.30.